The summed E-state index contributed by atoms with van der Waals surface area (Å²) in [6.07, 6.45) is 1.20. The Bertz CT molecular complexity index is 839. The fourth-order valence-corrected chi connectivity index (χ4v) is 2.51. The smallest absolute Gasteiger partial charge is 0.273 e. The molecule has 0 aliphatic heterocycles. The van der Waals surface area contributed by atoms with E-state index in [4.69, 9.17) is 4.74 Å². The Balaban J connectivity index is 2.04. The first-order valence-electron chi connectivity index (χ1n) is 7.03. The summed E-state index contributed by atoms with van der Waals surface area (Å²) in [6.45, 7) is 0. The molecule has 2 rings (SSSR count). The minimum absolute atomic E-state index is 0.0416. The Kier molecular flexibility index (Phi) is 6.07. The Labute approximate surface area is 151 Å². The van der Waals surface area contributed by atoms with Crippen LogP contribution in [0.5, 0.6) is 11.5 Å². The molecule has 9 heteroatoms. The van der Waals surface area contributed by atoms with Gasteiger partial charge in [0.2, 0.25) is 5.91 Å². The molecule has 2 aromatic carbocycles. The van der Waals surface area contributed by atoms with Crippen molar-refractivity contribution in [3.63, 3.8) is 0 Å². The second kappa shape index (κ2) is 8.25. The van der Waals surface area contributed by atoms with Crippen molar-refractivity contribution >= 4 is 33.7 Å². The molecule has 8 nitrogen and oxygen atoms in total. The molecule has 0 fully saturated rings. The van der Waals surface area contributed by atoms with Crippen LogP contribution in [0.4, 0.5) is 5.69 Å². The number of nitro groups is 1. The molecule has 0 saturated heterocycles. The normalized spacial score (nSPS) is 10.6. The van der Waals surface area contributed by atoms with Crippen LogP contribution in [0.2, 0.25) is 0 Å². The molecule has 0 aromatic heterocycles. The largest absolute Gasteiger partial charge is 0.503 e. The third-order valence-corrected chi connectivity index (χ3v) is 3.82. The van der Waals surface area contributed by atoms with Gasteiger partial charge in [-0.25, -0.2) is 5.43 Å². The van der Waals surface area contributed by atoms with Crippen LogP contribution in [0.3, 0.4) is 0 Å². The molecule has 25 heavy (non-hydrogen) atoms. The number of nitrogens with one attached hydrogen (secondary N) is 1. The highest BCUT2D eigenvalue weighted by atomic mass is 79.9. The molecule has 0 radical (unpaired) electrons. The molecular weight excluding hydrogens is 394 g/mol. The molecular formula is C16H14BrN3O5. The second-order valence-corrected chi connectivity index (χ2v) is 5.76. The predicted molar refractivity (Wildman–Crippen MR) is 94.9 cm³/mol. The Morgan fingerprint density at radius 2 is 2.16 bits per heavy atom. The number of para-hydroxylation sites is 1. The number of hydrazone groups is 1. The summed E-state index contributed by atoms with van der Waals surface area (Å²) in [6, 6.07) is 9.15. The van der Waals surface area contributed by atoms with Gasteiger partial charge >= 0.3 is 0 Å². The minimum atomic E-state index is -0.536. The van der Waals surface area contributed by atoms with Gasteiger partial charge in [-0.2, -0.15) is 5.10 Å². The fourth-order valence-electron chi connectivity index (χ4n) is 2.05. The first kappa shape index (κ1) is 18.4. The van der Waals surface area contributed by atoms with Gasteiger partial charge in [-0.1, -0.05) is 18.2 Å². The summed E-state index contributed by atoms with van der Waals surface area (Å²) in [5.41, 5.74) is 3.07. The quantitative estimate of drug-likeness (QED) is 0.434. The number of hydrogen-bond acceptors (Lipinski definition) is 6. The van der Waals surface area contributed by atoms with E-state index in [-0.39, 0.29) is 23.6 Å². The molecule has 2 aromatic rings. The third kappa shape index (κ3) is 4.77. The number of methoxy groups -OCH3 is 1. The van der Waals surface area contributed by atoms with E-state index in [1.165, 1.54) is 37.6 Å². The number of ether oxygens (including phenoxy) is 1. The number of nitro benzene ring substituents is 1. The Morgan fingerprint density at radius 3 is 2.84 bits per heavy atom. The van der Waals surface area contributed by atoms with E-state index < -0.39 is 10.8 Å². The van der Waals surface area contributed by atoms with Gasteiger partial charge in [0.15, 0.2) is 11.5 Å². The van der Waals surface area contributed by atoms with E-state index in [0.717, 1.165) is 0 Å². The zero-order valence-corrected chi connectivity index (χ0v) is 14.7. The van der Waals surface area contributed by atoms with E-state index in [9.17, 15) is 20.0 Å². The first-order chi connectivity index (χ1) is 11.9. The summed E-state index contributed by atoms with van der Waals surface area (Å²) in [4.78, 5) is 22.3. The SMILES string of the molecule is COc1cc(/C=N/NC(=O)Cc2ccccc2[N+](=O)[O-])cc(Br)c1O. The number of rotatable bonds is 6. The summed E-state index contributed by atoms with van der Waals surface area (Å²) >= 11 is 3.18. The molecule has 0 heterocycles. The van der Waals surface area contributed by atoms with Crippen molar-refractivity contribution in [1.82, 2.24) is 5.43 Å². The van der Waals surface area contributed by atoms with Crippen LogP contribution in [0.25, 0.3) is 0 Å². The average molecular weight is 408 g/mol. The van der Waals surface area contributed by atoms with Gasteiger partial charge in [-0.05, 0) is 33.6 Å². The van der Waals surface area contributed by atoms with Crippen molar-refractivity contribution in [2.75, 3.05) is 7.11 Å². The Hall–Kier alpha value is -2.94. The van der Waals surface area contributed by atoms with Gasteiger partial charge in [-0.3, -0.25) is 14.9 Å². The van der Waals surface area contributed by atoms with Gasteiger partial charge in [0, 0.05) is 11.6 Å². The first-order valence-corrected chi connectivity index (χ1v) is 7.82. The van der Waals surface area contributed by atoms with Gasteiger partial charge in [0.25, 0.3) is 5.69 Å². The maximum atomic E-state index is 11.9. The number of hydrogen-bond donors (Lipinski definition) is 2. The minimum Gasteiger partial charge on any atom is -0.503 e. The number of benzene rings is 2. The van der Waals surface area contributed by atoms with Crippen molar-refractivity contribution in [1.29, 1.82) is 0 Å². The zero-order chi connectivity index (χ0) is 18.4. The standard InChI is InChI=1S/C16H14BrN3O5/c1-25-14-7-10(6-12(17)16(14)22)9-18-19-15(21)8-11-4-2-3-5-13(11)20(23)24/h2-7,9,22H,8H2,1H3,(H,19,21)/b18-9+. The van der Waals surface area contributed by atoms with Crippen molar-refractivity contribution < 1.29 is 19.6 Å². The van der Waals surface area contributed by atoms with Crippen molar-refractivity contribution in [2.45, 2.75) is 6.42 Å². The van der Waals surface area contributed by atoms with Crippen LogP contribution in [-0.2, 0) is 11.2 Å². The Morgan fingerprint density at radius 1 is 1.44 bits per heavy atom. The lowest BCUT2D eigenvalue weighted by atomic mass is 10.1. The van der Waals surface area contributed by atoms with Crippen molar-refractivity contribution in [3.8, 4) is 11.5 Å². The second-order valence-electron chi connectivity index (χ2n) is 4.91. The van der Waals surface area contributed by atoms with Crippen LogP contribution in [0.15, 0.2) is 46.0 Å². The number of carbonyl (C=O) groups excluding carboxylic acids is 1. The lowest BCUT2D eigenvalue weighted by molar-refractivity contribution is -0.385. The number of halogens is 1. The number of aromatic hydroxyl groups is 1. The maximum absolute atomic E-state index is 11.9. The lowest BCUT2D eigenvalue weighted by Gasteiger charge is -2.06. The van der Waals surface area contributed by atoms with E-state index in [1.54, 1.807) is 12.1 Å². The molecule has 0 aliphatic carbocycles. The highest BCUT2D eigenvalue weighted by Crippen LogP contribution is 2.34. The molecule has 0 unspecified atom stereocenters. The van der Waals surface area contributed by atoms with Gasteiger partial charge in [0.05, 0.1) is 29.1 Å². The number of phenols is 1. The average Bonchev–Trinajstić information content (AvgIpc) is 2.58. The van der Waals surface area contributed by atoms with Crippen LogP contribution >= 0.6 is 15.9 Å². The molecule has 0 spiro atoms. The van der Waals surface area contributed by atoms with E-state index in [2.05, 4.69) is 26.5 Å². The molecule has 1 amide bonds. The maximum Gasteiger partial charge on any atom is 0.273 e. The van der Waals surface area contributed by atoms with Gasteiger partial charge in [0.1, 0.15) is 0 Å². The number of nitrogens with zero attached hydrogens (tertiary/aromatic N) is 2. The summed E-state index contributed by atoms with van der Waals surface area (Å²) in [7, 11) is 1.41. The predicted octanol–water partition coefficient (Wildman–Crippen LogP) is 2.76. The van der Waals surface area contributed by atoms with Crippen molar-refractivity contribution in [3.05, 3.63) is 62.1 Å². The molecule has 0 aliphatic rings. The van der Waals surface area contributed by atoms with Gasteiger partial charge < -0.3 is 9.84 Å². The summed E-state index contributed by atoms with van der Waals surface area (Å²) < 4.78 is 5.43. The third-order valence-electron chi connectivity index (χ3n) is 3.21. The molecule has 130 valence electrons. The lowest BCUT2D eigenvalue weighted by Crippen LogP contribution is -2.20. The topological polar surface area (TPSA) is 114 Å². The zero-order valence-electron chi connectivity index (χ0n) is 13.1. The van der Waals surface area contributed by atoms with Gasteiger partial charge in [-0.15, -0.1) is 0 Å². The van der Waals surface area contributed by atoms with E-state index >= 15 is 0 Å². The van der Waals surface area contributed by atoms with Crippen LogP contribution in [-0.4, -0.2) is 29.3 Å². The molecule has 0 bridgehead atoms. The number of amides is 1. The monoisotopic (exact) mass is 407 g/mol. The number of phenolic OH excluding ortho intramolecular Hbond substituents is 1. The van der Waals surface area contributed by atoms with Crippen LogP contribution < -0.4 is 10.2 Å². The van der Waals surface area contributed by atoms with Crippen LogP contribution in [0.1, 0.15) is 11.1 Å². The van der Waals surface area contributed by atoms with Crippen LogP contribution in [0, 0.1) is 10.1 Å². The highest BCUT2D eigenvalue weighted by Gasteiger charge is 2.15. The molecule has 0 atom stereocenters. The molecule has 0 saturated carbocycles. The molecule has 2 N–H and O–H groups in total. The van der Waals surface area contributed by atoms with Crippen molar-refractivity contribution in [2.24, 2.45) is 5.10 Å². The summed E-state index contributed by atoms with van der Waals surface area (Å²) in [5, 5.41) is 24.5. The number of carbonyl (C=O) groups is 1. The highest BCUT2D eigenvalue weighted by molar-refractivity contribution is 9.10. The summed E-state index contributed by atoms with van der Waals surface area (Å²) in [5.74, 6) is -0.280. The van der Waals surface area contributed by atoms with E-state index in [0.29, 0.717) is 15.6 Å². The fraction of sp³-hybridized carbons (Fsp3) is 0.125. The van der Waals surface area contributed by atoms with E-state index in [1.807, 2.05) is 0 Å².